The zero-order chi connectivity index (χ0) is 7.40. The average molecular weight is 142 g/mol. The van der Waals surface area contributed by atoms with Crippen molar-refractivity contribution in [2.45, 2.75) is 31.7 Å². The molecule has 3 nitrogen and oxygen atoms in total. The summed E-state index contributed by atoms with van der Waals surface area (Å²) in [5.41, 5.74) is 0. The second-order valence-electron chi connectivity index (χ2n) is 2.69. The predicted octanol–water partition coefficient (Wildman–Crippen LogP) is 0.476. The van der Waals surface area contributed by atoms with Crippen molar-refractivity contribution in [1.82, 2.24) is 5.32 Å². The van der Waals surface area contributed by atoms with Gasteiger partial charge in [0.15, 0.2) is 6.61 Å². The number of carbonyl (C=O) groups excluding carboxylic acids is 1. The van der Waals surface area contributed by atoms with Gasteiger partial charge in [0.2, 0.25) is 5.91 Å². The molecule has 1 amide bonds. The molecule has 0 saturated heterocycles. The minimum atomic E-state index is -0.628. The van der Waals surface area contributed by atoms with Gasteiger partial charge in [-0.05, 0) is 12.8 Å². The van der Waals surface area contributed by atoms with E-state index in [1.165, 1.54) is 12.8 Å². The molecule has 0 aromatic heterocycles. The Morgan fingerprint density at radius 2 is 2.00 bits per heavy atom. The van der Waals surface area contributed by atoms with Crippen LogP contribution in [0, 0.1) is 0 Å². The van der Waals surface area contributed by atoms with E-state index in [0.717, 1.165) is 12.8 Å². The smallest absolute Gasteiger partial charge is 0.249 e. The summed E-state index contributed by atoms with van der Waals surface area (Å²) in [5.74, 6) is -0.355. The van der Waals surface area contributed by atoms with Gasteiger partial charge in [0.25, 0.3) is 0 Å². The van der Waals surface area contributed by atoms with Crippen molar-refractivity contribution in [3.05, 3.63) is 0 Å². The first kappa shape index (κ1) is 7.54. The molecular weight excluding hydrogens is 130 g/mol. The van der Waals surface area contributed by atoms with Crippen LogP contribution in [-0.2, 0) is 9.90 Å². The second-order valence-corrected chi connectivity index (χ2v) is 2.69. The Kier molecular flexibility index (Phi) is 2.68. The van der Waals surface area contributed by atoms with Crippen LogP contribution >= 0.6 is 0 Å². The Morgan fingerprint density at radius 1 is 1.40 bits per heavy atom. The Balaban J connectivity index is 2.17. The van der Waals surface area contributed by atoms with E-state index in [9.17, 15) is 9.90 Å². The molecule has 1 N–H and O–H groups in total. The number of amides is 1. The topological polar surface area (TPSA) is 49.0 Å². The second kappa shape index (κ2) is 3.56. The maximum Gasteiger partial charge on any atom is 0.249 e. The van der Waals surface area contributed by atoms with Crippen LogP contribution in [0.3, 0.4) is 0 Å². The summed E-state index contributed by atoms with van der Waals surface area (Å²) in [6.45, 7) is -0.628. The molecule has 3 heteroatoms. The van der Waals surface area contributed by atoms with E-state index in [-0.39, 0.29) is 5.91 Å². The lowest BCUT2D eigenvalue weighted by Crippen LogP contribution is -2.34. The Labute approximate surface area is 60.4 Å². The molecule has 10 heavy (non-hydrogen) atoms. The minimum absolute atomic E-state index is 0.293. The van der Waals surface area contributed by atoms with Crippen LogP contribution in [0.15, 0.2) is 0 Å². The first-order chi connectivity index (χ1) is 4.83. The molecule has 1 saturated carbocycles. The molecule has 0 spiro atoms. The van der Waals surface area contributed by atoms with Gasteiger partial charge in [0.1, 0.15) is 0 Å². The number of rotatable bonds is 2. The molecule has 1 aliphatic carbocycles. The standard InChI is InChI=1S/C7H12NO2/c9-5-7(10)8-6-3-1-2-4-6/h6H,1-5H2,(H,8,10). The van der Waals surface area contributed by atoms with Gasteiger partial charge in [-0.1, -0.05) is 12.8 Å². The van der Waals surface area contributed by atoms with Gasteiger partial charge in [-0.3, -0.25) is 4.79 Å². The molecule has 0 aliphatic heterocycles. The highest BCUT2D eigenvalue weighted by atomic mass is 16.3. The summed E-state index contributed by atoms with van der Waals surface area (Å²) in [6.07, 6.45) is 4.46. The summed E-state index contributed by atoms with van der Waals surface area (Å²) < 4.78 is 0. The minimum Gasteiger partial charge on any atom is -0.351 e. The van der Waals surface area contributed by atoms with Gasteiger partial charge in [-0.25, -0.2) is 5.11 Å². The van der Waals surface area contributed by atoms with E-state index in [1.807, 2.05) is 0 Å². The summed E-state index contributed by atoms with van der Waals surface area (Å²) in [6, 6.07) is 0.293. The van der Waals surface area contributed by atoms with Gasteiger partial charge in [0, 0.05) is 6.04 Å². The maximum absolute atomic E-state index is 10.5. The van der Waals surface area contributed by atoms with E-state index in [1.54, 1.807) is 0 Å². The number of nitrogens with one attached hydrogen (secondary N) is 1. The quantitative estimate of drug-likeness (QED) is 0.598. The Bertz CT molecular complexity index is 119. The molecule has 1 radical (unpaired) electrons. The fraction of sp³-hybridized carbons (Fsp3) is 0.857. The van der Waals surface area contributed by atoms with Crippen LogP contribution in [-0.4, -0.2) is 18.6 Å². The third-order valence-electron chi connectivity index (χ3n) is 1.85. The third kappa shape index (κ3) is 1.99. The molecule has 0 atom stereocenters. The average Bonchev–Trinajstić information content (AvgIpc) is 2.40. The summed E-state index contributed by atoms with van der Waals surface area (Å²) >= 11 is 0. The maximum atomic E-state index is 10.5. The van der Waals surface area contributed by atoms with Crippen LogP contribution in [0.1, 0.15) is 25.7 Å². The fourth-order valence-electron chi connectivity index (χ4n) is 1.34. The fourth-order valence-corrected chi connectivity index (χ4v) is 1.34. The molecule has 1 rings (SSSR count). The zero-order valence-electron chi connectivity index (χ0n) is 5.93. The summed E-state index contributed by atoms with van der Waals surface area (Å²) in [4.78, 5) is 10.5. The van der Waals surface area contributed by atoms with E-state index < -0.39 is 6.61 Å². The van der Waals surface area contributed by atoms with Crippen LogP contribution in [0.4, 0.5) is 0 Å². The normalized spacial score (nSPS) is 19.3. The highest BCUT2D eigenvalue weighted by Crippen LogP contribution is 2.17. The SMILES string of the molecule is [O]CC(=O)NC1CCCC1. The van der Waals surface area contributed by atoms with Crippen molar-refractivity contribution in [3.8, 4) is 0 Å². The summed E-state index contributed by atoms with van der Waals surface area (Å²) in [7, 11) is 0. The number of hydrogen-bond donors (Lipinski definition) is 1. The molecule has 1 aliphatic rings. The highest BCUT2D eigenvalue weighted by Gasteiger charge is 2.16. The van der Waals surface area contributed by atoms with E-state index >= 15 is 0 Å². The number of hydrogen-bond acceptors (Lipinski definition) is 1. The van der Waals surface area contributed by atoms with Gasteiger partial charge in [-0.15, -0.1) is 0 Å². The van der Waals surface area contributed by atoms with Crippen LogP contribution in [0.5, 0.6) is 0 Å². The van der Waals surface area contributed by atoms with E-state index in [2.05, 4.69) is 5.32 Å². The van der Waals surface area contributed by atoms with Crippen molar-refractivity contribution in [2.24, 2.45) is 0 Å². The predicted molar refractivity (Wildman–Crippen MR) is 36.0 cm³/mol. The molecule has 0 aromatic carbocycles. The van der Waals surface area contributed by atoms with Gasteiger partial charge in [0.05, 0.1) is 0 Å². The lowest BCUT2D eigenvalue weighted by atomic mass is 10.2. The lowest BCUT2D eigenvalue weighted by Gasteiger charge is -2.08. The van der Waals surface area contributed by atoms with Crippen molar-refractivity contribution >= 4 is 5.91 Å². The molecule has 0 bridgehead atoms. The monoisotopic (exact) mass is 142 g/mol. The lowest BCUT2D eigenvalue weighted by molar-refractivity contribution is -0.126. The first-order valence-corrected chi connectivity index (χ1v) is 3.70. The van der Waals surface area contributed by atoms with Crippen molar-refractivity contribution in [2.75, 3.05) is 6.61 Å². The third-order valence-corrected chi connectivity index (χ3v) is 1.85. The molecule has 1 fully saturated rings. The van der Waals surface area contributed by atoms with Crippen molar-refractivity contribution in [3.63, 3.8) is 0 Å². The van der Waals surface area contributed by atoms with Crippen LogP contribution in [0.2, 0.25) is 0 Å². The van der Waals surface area contributed by atoms with Crippen molar-refractivity contribution in [1.29, 1.82) is 0 Å². The number of carbonyl (C=O) groups is 1. The molecule has 57 valence electrons. The van der Waals surface area contributed by atoms with E-state index in [4.69, 9.17) is 0 Å². The Hall–Kier alpha value is -0.570. The first-order valence-electron chi connectivity index (χ1n) is 3.70. The molecule has 0 unspecified atom stereocenters. The molecule has 0 aromatic rings. The summed E-state index contributed by atoms with van der Waals surface area (Å²) in [5, 5.41) is 12.7. The van der Waals surface area contributed by atoms with Crippen molar-refractivity contribution < 1.29 is 9.90 Å². The van der Waals surface area contributed by atoms with Gasteiger partial charge >= 0.3 is 0 Å². The highest BCUT2D eigenvalue weighted by molar-refractivity contribution is 5.77. The Morgan fingerprint density at radius 3 is 2.50 bits per heavy atom. The van der Waals surface area contributed by atoms with Gasteiger partial charge in [-0.2, -0.15) is 0 Å². The van der Waals surface area contributed by atoms with E-state index in [0.29, 0.717) is 6.04 Å². The molecular formula is C7H12NO2. The zero-order valence-corrected chi connectivity index (χ0v) is 5.93. The largest absolute Gasteiger partial charge is 0.351 e. The van der Waals surface area contributed by atoms with Crippen LogP contribution in [0.25, 0.3) is 0 Å². The van der Waals surface area contributed by atoms with Crippen LogP contribution < -0.4 is 5.32 Å². The van der Waals surface area contributed by atoms with Gasteiger partial charge < -0.3 is 5.32 Å². The molecule has 0 heterocycles.